The molecule has 0 spiro atoms. The largest absolute Gasteiger partial charge is 0.426 e. The average Bonchev–Trinajstić information content (AvgIpc) is 2.87. The Kier molecular flexibility index (Phi) is 6.20. The molecular formula is C30H24N2O2. The van der Waals surface area contributed by atoms with Crippen molar-refractivity contribution in [3.63, 3.8) is 0 Å². The fraction of sp³-hybridized carbons (Fsp3) is 0.133. The molecule has 0 saturated carbocycles. The number of likely N-dealkylation sites (tertiary alicyclic amines) is 1. The van der Waals surface area contributed by atoms with Crippen molar-refractivity contribution in [2.24, 2.45) is 5.92 Å². The van der Waals surface area contributed by atoms with Gasteiger partial charge in [-0.3, -0.25) is 9.69 Å². The van der Waals surface area contributed by atoms with Gasteiger partial charge in [0.2, 0.25) is 0 Å². The number of rotatable bonds is 6. The summed E-state index contributed by atoms with van der Waals surface area (Å²) in [6, 6.07) is 38.0. The summed E-state index contributed by atoms with van der Waals surface area (Å²) in [6.07, 6.45) is 0. The number of hydrogen-bond donors (Lipinski definition) is 0. The monoisotopic (exact) mass is 444 g/mol. The summed E-state index contributed by atoms with van der Waals surface area (Å²) in [6.45, 7) is 1.33. The third kappa shape index (κ3) is 4.61. The molecule has 1 aliphatic rings. The van der Waals surface area contributed by atoms with Crippen molar-refractivity contribution < 1.29 is 9.53 Å². The van der Waals surface area contributed by atoms with Crippen LogP contribution in [0, 0.1) is 17.2 Å². The number of nitrogens with zero attached hydrogens (tertiary/aromatic N) is 2. The van der Waals surface area contributed by atoms with Crippen LogP contribution in [-0.2, 0) is 4.79 Å². The van der Waals surface area contributed by atoms with Crippen molar-refractivity contribution in [2.45, 2.75) is 6.04 Å². The van der Waals surface area contributed by atoms with Crippen LogP contribution in [0.1, 0.15) is 22.7 Å². The van der Waals surface area contributed by atoms with Crippen LogP contribution < -0.4 is 4.74 Å². The number of esters is 1. The summed E-state index contributed by atoms with van der Waals surface area (Å²) in [5, 5.41) is 8.95. The van der Waals surface area contributed by atoms with Gasteiger partial charge in [-0.25, -0.2) is 0 Å². The zero-order valence-corrected chi connectivity index (χ0v) is 18.7. The SMILES string of the molecule is N#Cc1ccc(-c2ccc(OC(=O)C3CN(C(c4ccccc4)c4ccccc4)C3)cc2)cc1. The summed E-state index contributed by atoms with van der Waals surface area (Å²) in [5.74, 6) is 0.207. The van der Waals surface area contributed by atoms with E-state index in [0.717, 1.165) is 11.1 Å². The topological polar surface area (TPSA) is 53.3 Å². The van der Waals surface area contributed by atoms with Crippen LogP contribution in [0.25, 0.3) is 11.1 Å². The third-order valence-electron chi connectivity index (χ3n) is 6.26. The van der Waals surface area contributed by atoms with E-state index in [-0.39, 0.29) is 17.9 Å². The molecule has 4 aromatic rings. The smallest absolute Gasteiger partial charge is 0.316 e. The molecule has 4 aromatic carbocycles. The van der Waals surface area contributed by atoms with Crippen LogP contribution in [0.15, 0.2) is 109 Å². The maximum absolute atomic E-state index is 12.8. The number of carbonyl (C=O) groups is 1. The van der Waals surface area contributed by atoms with Crippen LogP contribution in [0.4, 0.5) is 0 Å². The molecular weight excluding hydrogens is 420 g/mol. The quantitative estimate of drug-likeness (QED) is 0.276. The molecule has 0 bridgehead atoms. The van der Waals surface area contributed by atoms with E-state index in [1.54, 1.807) is 12.1 Å². The molecule has 0 N–H and O–H groups in total. The van der Waals surface area contributed by atoms with E-state index >= 15 is 0 Å². The highest BCUT2D eigenvalue weighted by Gasteiger charge is 2.39. The van der Waals surface area contributed by atoms with Gasteiger partial charge in [0.15, 0.2) is 0 Å². The Morgan fingerprint density at radius 1 is 0.765 bits per heavy atom. The molecule has 0 amide bonds. The van der Waals surface area contributed by atoms with Crippen molar-refractivity contribution in [1.29, 1.82) is 5.26 Å². The lowest BCUT2D eigenvalue weighted by Gasteiger charge is -2.43. The molecule has 0 radical (unpaired) electrons. The number of benzene rings is 4. The Labute approximate surface area is 199 Å². The van der Waals surface area contributed by atoms with Gasteiger partial charge in [0.25, 0.3) is 0 Å². The molecule has 0 aromatic heterocycles. The standard InChI is InChI=1S/C30H24N2O2/c31-19-22-11-13-23(14-12-22)24-15-17-28(18-16-24)34-30(33)27-20-32(21-27)29(25-7-3-1-4-8-25)26-9-5-2-6-10-26/h1-18,27,29H,20-21H2. The fourth-order valence-corrected chi connectivity index (χ4v) is 4.41. The van der Waals surface area contributed by atoms with Crippen LogP contribution in [0.5, 0.6) is 5.75 Å². The highest BCUT2D eigenvalue weighted by atomic mass is 16.5. The molecule has 1 aliphatic heterocycles. The molecule has 166 valence electrons. The number of hydrogen-bond acceptors (Lipinski definition) is 4. The van der Waals surface area contributed by atoms with Gasteiger partial charge in [-0.2, -0.15) is 5.26 Å². The van der Waals surface area contributed by atoms with E-state index in [1.807, 2.05) is 48.5 Å². The third-order valence-corrected chi connectivity index (χ3v) is 6.26. The lowest BCUT2D eigenvalue weighted by atomic mass is 9.90. The Morgan fingerprint density at radius 2 is 1.26 bits per heavy atom. The second kappa shape index (κ2) is 9.74. The van der Waals surface area contributed by atoms with Crippen LogP contribution >= 0.6 is 0 Å². The van der Waals surface area contributed by atoms with Gasteiger partial charge in [-0.15, -0.1) is 0 Å². The van der Waals surface area contributed by atoms with Crippen LogP contribution in [0.3, 0.4) is 0 Å². The zero-order valence-electron chi connectivity index (χ0n) is 18.7. The number of carbonyl (C=O) groups excluding carboxylic acids is 1. The highest BCUT2D eigenvalue weighted by Crippen LogP contribution is 2.35. The van der Waals surface area contributed by atoms with Gasteiger partial charge in [-0.1, -0.05) is 84.9 Å². The first-order valence-electron chi connectivity index (χ1n) is 11.4. The zero-order chi connectivity index (χ0) is 23.3. The van der Waals surface area contributed by atoms with E-state index in [0.29, 0.717) is 24.4 Å². The van der Waals surface area contributed by atoms with Gasteiger partial charge in [0.05, 0.1) is 23.6 Å². The molecule has 5 rings (SSSR count). The Balaban J connectivity index is 1.22. The first kappa shape index (κ1) is 21.6. The maximum Gasteiger partial charge on any atom is 0.316 e. The molecule has 0 aliphatic carbocycles. The van der Waals surface area contributed by atoms with E-state index < -0.39 is 0 Å². The molecule has 0 unspecified atom stereocenters. The Morgan fingerprint density at radius 3 is 1.76 bits per heavy atom. The van der Waals surface area contributed by atoms with Gasteiger partial charge in [0.1, 0.15) is 5.75 Å². The summed E-state index contributed by atoms with van der Waals surface area (Å²) >= 11 is 0. The van der Waals surface area contributed by atoms with Crippen molar-refractivity contribution >= 4 is 5.97 Å². The van der Waals surface area contributed by atoms with Crippen molar-refractivity contribution in [2.75, 3.05) is 13.1 Å². The summed E-state index contributed by atoms with van der Waals surface area (Å²) in [4.78, 5) is 15.1. The predicted octanol–water partition coefficient (Wildman–Crippen LogP) is 5.85. The van der Waals surface area contributed by atoms with Crippen molar-refractivity contribution in [1.82, 2.24) is 4.90 Å². The van der Waals surface area contributed by atoms with E-state index in [2.05, 4.69) is 59.5 Å². The normalized spacial score (nSPS) is 13.8. The molecule has 0 atom stereocenters. The molecule has 4 heteroatoms. The van der Waals surface area contributed by atoms with E-state index in [4.69, 9.17) is 10.00 Å². The van der Waals surface area contributed by atoms with Crippen LogP contribution in [-0.4, -0.2) is 24.0 Å². The first-order chi connectivity index (χ1) is 16.7. The minimum absolute atomic E-state index is 0.123. The lowest BCUT2D eigenvalue weighted by molar-refractivity contribution is -0.145. The molecule has 34 heavy (non-hydrogen) atoms. The Hall–Kier alpha value is -4.20. The predicted molar refractivity (Wildman–Crippen MR) is 132 cm³/mol. The van der Waals surface area contributed by atoms with Crippen molar-refractivity contribution in [3.05, 3.63) is 126 Å². The lowest BCUT2D eigenvalue weighted by Crippen LogP contribution is -2.53. The van der Waals surface area contributed by atoms with Crippen molar-refractivity contribution in [3.8, 4) is 22.9 Å². The summed E-state index contributed by atoms with van der Waals surface area (Å²) in [5.41, 5.74) is 5.09. The number of ether oxygens (including phenoxy) is 1. The van der Waals surface area contributed by atoms with Gasteiger partial charge in [-0.05, 0) is 46.5 Å². The van der Waals surface area contributed by atoms with Gasteiger partial charge < -0.3 is 4.74 Å². The minimum atomic E-state index is -0.192. The number of nitriles is 1. The Bertz CT molecular complexity index is 1250. The molecule has 4 nitrogen and oxygen atoms in total. The fourth-order valence-electron chi connectivity index (χ4n) is 4.41. The van der Waals surface area contributed by atoms with E-state index in [9.17, 15) is 4.79 Å². The first-order valence-corrected chi connectivity index (χ1v) is 11.4. The molecule has 1 fully saturated rings. The second-order valence-corrected chi connectivity index (χ2v) is 8.51. The second-order valence-electron chi connectivity index (χ2n) is 8.51. The minimum Gasteiger partial charge on any atom is -0.426 e. The molecule has 1 saturated heterocycles. The maximum atomic E-state index is 12.8. The molecule has 1 heterocycles. The highest BCUT2D eigenvalue weighted by molar-refractivity contribution is 5.77. The summed E-state index contributed by atoms with van der Waals surface area (Å²) < 4.78 is 5.68. The van der Waals surface area contributed by atoms with Crippen LogP contribution in [0.2, 0.25) is 0 Å². The average molecular weight is 445 g/mol. The van der Waals surface area contributed by atoms with Gasteiger partial charge in [0, 0.05) is 13.1 Å². The van der Waals surface area contributed by atoms with Gasteiger partial charge >= 0.3 is 5.97 Å². The summed E-state index contributed by atoms with van der Waals surface area (Å²) in [7, 11) is 0. The van der Waals surface area contributed by atoms with E-state index in [1.165, 1.54) is 11.1 Å².